The van der Waals surface area contributed by atoms with Gasteiger partial charge in [0.05, 0.1) is 8.48 Å². The van der Waals surface area contributed by atoms with E-state index in [4.69, 9.17) is 13.0 Å². The van der Waals surface area contributed by atoms with Crippen LogP contribution in [-0.4, -0.2) is 37.1 Å². The van der Waals surface area contributed by atoms with Crippen molar-refractivity contribution in [3.8, 4) is 5.75 Å². The summed E-state index contributed by atoms with van der Waals surface area (Å²) in [6, 6.07) is 3.44. The minimum absolute atomic E-state index is 0.175. The summed E-state index contributed by atoms with van der Waals surface area (Å²) in [6.45, 7) is -2.28. The molecule has 90 valence electrons. The Morgan fingerprint density at radius 3 is 3.35 bits per heavy atom. The van der Waals surface area contributed by atoms with Crippen LogP contribution in [0.15, 0.2) is 18.2 Å². The van der Waals surface area contributed by atoms with Crippen LogP contribution in [0.1, 0.15) is 19.5 Å². The molecule has 0 unspecified atom stereocenters. The molecule has 0 saturated carbocycles. The van der Waals surface area contributed by atoms with Crippen molar-refractivity contribution in [1.29, 1.82) is 0 Å². The number of hydrogen-bond acceptors (Lipinski definition) is 2. The average molecular weight is 236 g/mol. The van der Waals surface area contributed by atoms with Gasteiger partial charge in [-0.2, -0.15) is 0 Å². The largest absolute Gasteiger partial charge is 0.497 e. The van der Waals surface area contributed by atoms with E-state index in [-0.39, 0.29) is 19.1 Å². The van der Waals surface area contributed by atoms with Gasteiger partial charge in [0.15, 0.2) is 0 Å². The molecule has 0 radical (unpaired) electrons. The highest BCUT2D eigenvalue weighted by molar-refractivity contribution is 5.86. The number of benzene rings is 1. The molecular formula is C14H18N2O. The van der Waals surface area contributed by atoms with Crippen LogP contribution in [0, 0.1) is 0 Å². The number of fused-ring (bicyclic) bond motifs is 3. The summed E-state index contributed by atoms with van der Waals surface area (Å²) in [7, 11) is 1.49. The highest BCUT2D eigenvalue weighted by Gasteiger charge is 2.16. The van der Waals surface area contributed by atoms with E-state index in [0.717, 1.165) is 0 Å². The van der Waals surface area contributed by atoms with E-state index in [1.807, 2.05) is 0 Å². The van der Waals surface area contributed by atoms with Gasteiger partial charge in [-0.25, -0.2) is 0 Å². The van der Waals surface area contributed by atoms with Gasteiger partial charge in [0, 0.05) is 49.0 Å². The van der Waals surface area contributed by atoms with Gasteiger partial charge in [-0.1, -0.05) is 0 Å². The van der Waals surface area contributed by atoms with E-state index >= 15 is 0 Å². The molecule has 0 aliphatic carbocycles. The zero-order valence-corrected chi connectivity index (χ0v) is 9.63. The molecule has 2 aromatic rings. The van der Waals surface area contributed by atoms with Gasteiger partial charge >= 0.3 is 0 Å². The van der Waals surface area contributed by atoms with Crippen LogP contribution in [0.25, 0.3) is 10.9 Å². The molecule has 0 saturated heterocycles. The molecule has 17 heavy (non-hydrogen) atoms. The second-order valence-electron chi connectivity index (χ2n) is 4.16. The summed E-state index contributed by atoms with van der Waals surface area (Å²) < 4.78 is 52.5. The Morgan fingerprint density at radius 2 is 2.53 bits per heavy atom. The minimum Gasteiger partial charge on any atom is -0.497 e. The lowest BCUT2D eigenvalue weighted by atomic mass is 10.1. The quantitative estimate of drug-likeness (QED) is 0.822. The SMILES string of the molecule is [2H]c1cc2c3c([nH]c2cc1OC)CCN(C([2H])([2H])[2H])CC3([2H])[2H]. The van der Waals surface area contributed by atoms with E-state index in [9.17, 15) is 0 Å². The molecule has 2 heterocycles. The lowest BCUT2D eigenvalue weighted by Gasteiger charge is -2.11. The maximum Gasteiger partial charge on any atom is 0.120 e. The third kappa shape index (κ3) is 1.80. The first-order chi connectivity index (χ1) is 10.6. The van der Waals surface area contributed by atoms with Crippen molar-refractivity contribution in [2.75, 3.05) is 27.2 Å². The maximum absolute atomic E-state index is 8.39. The van der Waals surface area contributed by atoms with Crippen LogP contribution in [0.2, 0.25) is 0 Å². The van der Waals surface area contributed by atoms with Gasteiger partial charge in [0.1, 0.15) is 5.75 Å². The monoisotopic (exact) mass is 236 g/mol. The Morgan fingerprint density at radius 1 is 1.59 bits per heavy atom. The van der Waals surface area contributed by atoms with Crippen molar-refractivity contribution in [3.63, 3.8) is 0 Å². The Balaban J connectivity index is 2.15. The summed E-state index contributed by atoms with van der Waals surface area (Å²) in [5.74, 6) is 0.415. The number of H-pyrrole nitrogens is 1. The molecule has 1 N–H and O–H groups in total. The van der Waals surface area contributed by atoms with Crippen LogP contribution in [0.3, 0.4) is 0 Å². The van der Waals surface area contributed by atoms with Gasteiger partial charge in [0.2, 0.25) is 0 Å². The predicted molar refractivity (Wildman–Crippen MR) is 69.8 cm³/mol. The number of nitrogens with zero attached hydrogens (tertiary/aromatic N) is 1. The number of rotatable bonds is 1. The van der Waals surface area contributed by atoms with Crippen molar-refractivity contribution in [3.05, 3.63) is 29.4 Å². The molecular weight excluding hydrogens is 212 g/mol. The van der Waals surface area contributed by atoms with Crippen molar-refractivity contribution in [1.82, 2.24) is 9.88 Å². The van der Waals surface area contributed by atoms with Crippen molar-refractivity contribution in [2.24, 2.45) is 0 Å². The lowest BCUT2D eigenvalue weighted by molar-refractivity contribution is 0.352. The predicted octanol–water partition coefficient (Wildman–Crippen LogP) is 2.21. The summed E-state index contributed by atoms with van der Waals surface area (Å²) in [5.41, 5.74) is 1.84. The standard InChI is InChI=1S/C14H18N2O/c1-16-7-5-12-11-4-3-10(17-2)9-14(11)15-13(12)6-8-16/h3-4,9,15H,5-8H2,1-2H3/i1D3,3D,5D2. The molecule has 1 aromatic heterocycles. The maximum atomic E-state index is 8.39. The summed E-state index contributed by atoms with van der Waals surface area (Å²) in [6.07, 6.45) is -1.41. The molecule has 3 nitrogen and oxygen atoms in total. The molecule has 0 amide bonds. The van der Waals surface area contributed by atoms with E-state index in [1.165, 1.54) is 12.0 Å². The number of hydrogen-bond donors (Lipinski definition) is 1. The zero-order valence-electron chi connectivity index (χ0n) is 15.6. The Hall–Kier alpha value is -1.48. The number of nitrogens with one attached hydrogen (secondary N) is 1. The van der Waals surface area contributed by atoms with Gasteiger partial charge in [-0.05, 0) is 31.0 Å². The van der Waals surface area contributed by atoms with Crippen LogP contribution in [0.4, 0.5) is 0 Å². The fraction of sp³-hybridized carbons (Fsp3) is 0.429. The molecule has 1 aromatic carbocycles. The molecule has 1 aliphatic heterocycles. The molecule has 3 rings (SSSR count). The van der Waals surface area contributed by atoms with Gasteiger partial charge in [-0.15, -0.1) is 0 Å². The van der Waals surface area contributed by atoms with Crippen LogP contribution >= 0.6 is 0 Å². The first-order valence-electron chi connectivity index (χ1n) is 8.58. The third-order valence-corrected chi connectivity index (χ3v) is 3.08. The fourth-order valence-electron chi connectivity index (χ4n) is 2.18. The second-order valence-corrected chi connectivity index (χ2v) is 4.16. The molecule has 0 spiro atoms. The lowest BCUT2D eigenvalue weighted by Crippen LogP contribution is -2.21. The first kappa shape index (κ1) is 5.91. The van der Waals surface area contributed by atoms with E-state index in [2.05, 4.69) is 4.98 Å². The molecule has 0 fully saturated rings. The first-order valence-corrected chi connectivity index (χ1v) is 5.58. The summed E-state index contributed by atoms with van der Waals surface area (Å²) in [5, 5.41) is 0.614. The highest BCUT2D eigenvalue weighted by Crippen LogP contribution is 2.28. The van der Waals surface area contributed by atoms with Gasteiger partial charge in [0.25, 0.3) is 0 Å². The average Bonchev–Trinajstić information content (AvgIpc) is 2.72. The number of likely N-dealkylation sites (N-methyl/N-ethyl adjacent to an activating group) is 1. The summed E-state index contributed by atoms with van der Waals surface area (Å²) >= 11 is 0. The van der Waals surface area contributed by atoms with Crippen LogP contribution < -0.4 is 4.74 Å². The highest BCUT2D eigenvalue weighted by atomic mass is 16.5. The molecule has 1 aliphatic rings. The Bertz CT molecular complexity index is 752. The number of methoxy groups -OCH3 is 1. The Kier molecular flexibility index (Phi) is 1.42. The van der Waals surface area contributed by atoms with E-state index < -0.39 is 13.3 Å². The van der Waals surface area contributed by atoms with Gasteiger partial charge < -0.3 is 14.6 Å². The third-order valence-electron chi connectivity index (χ3n) is 3.08. The number of aromatic amines is 1. The van der Waals surface area contributed by atoms with E-state index in [0.29, 0.717) is 34.3 Å². The Labute approximate surface area is 110 Å². The number of ether oxygens (including phenoxy) is 1. The van der Waals surface area contributed by atoms with Crippen molar-refractivity contribution in [2.45, 2.75) is 12.8 Å². The van der Waals surface area contributed by atoms with Gasteiger partial charge in [-0.3, -0.25) is 0 Å². The normalized spacial score (nSPS) is 25.7. The smallest absolute Gasteiger partial charge is 0.120 e. The van der Waals surface area contributed by atoms with Crippen molar-refractivity contribution >= 4 is 10.9 Å². The zero-order chi connectivity index (χ0) is 17.0. The number of aromatic nitrogens is 1. The van der Waals surface area contributed by atoms with Crippen LogP contribution in [0.5, 0.6) is 5.75 Å². The van der Waals surface area contributed by atoms with Crippen LogP contribution in [-0.2, 0) is 12.8 Å². The molecule has 3 heteroatoms. The molecule has 0 bridgehead atoms. The van der Waals surface area contributed by atoms with E-state index in [1.54, 1.807) is 12.1 Å². The second kappa shape index (κ2) is 4.08. The topological polar surface area (TPSA) is 28.3 Å². The minimum atomic E-state index is -2.32. The summed E-state index contributed by atoms with van der Waals surface area (Å²) in [4.78, 5) is 4.36. The van der Waals surface area contributed by atoms with Crippen molar-refractivity contribution < 1.29 is 13.0 Å². The molecule has 0 atom stereocenters. The fourth-order valence-corrected chi connectivity index (χ4v) is 2.18.